The van der Waals surface area contributed by atoms with Gasteiger partial charge in [-0.15, -0.1) is 11.8 Å². The molecule has 30 heavy (non-hydrogen) atoms. The van der Waals surface area contributed by atoms with Crippen LogP contribution in [0.4, 0.5) is 11.4 Å². The molecule has 0 aliphatic carbocycles. The number of para-hydroxylation sites is 1. The highest BCUT2D eigenvalue weighted by molar-refractivity contribution is 8.00. The van der Waals surface area contributed by atoms with Crippen LogP contribution in [-0.2, 0) is 9.59 Å². The average molecular weight is 419 g/mol. The summed E-state index contributed by atoms with van der Waals surface area (Å²) in [5.74, 6) is 0.928. The molecule has 0 aromatic heterocycles. The van der Waals surface area contributed by atoms with E-state index in [1.54, 1.807) is 11.8 Å². The maximum atomic E-state index is 12.5. The Labute approximate surface area is 180 Å². The van der Waals surface area contributed by atoms with Gasteiger partial charge in [0.15, 0.2) is 6.61 Å². The molecule has 0 radical (unpaired) electrons. The molecule has 1 fully saturated rings. The second-order valence-corrected chi connectivity index (χ2v) is 8.11. The van der Waals surface area contributed by atoms with Gasteiger partial charge in [0.2, 0.25) is 5.91 Å². The van der Waals surface area contributed by atoms with Gasteiger partial charge in [-0.1, -0.05) is 48.0 Å². The number of carbonyl (C=O) groups excluding carboxylic acids is 2. The van der Waals surface area contributed by atoms with Gasteiger partial charge in [-0.2, -0.15) is 0 Å². The number of carbonyl (C=O) groups is 2. The summed E-state index contributed by atoms with van der Waals surface area (Å²) in [7, 11) is 0. The number of thioether (sulfide) groups is 1. The Morgan fingerprint density at radius 1 is 1.07 bits per heavy atom. The Kier molecular flexibility index (Phi) is 6.05. The van der Waals surface area contributed by atoms with Gasteiger partial charge < -0.3 is 10.1 Å². The minimum Gasteiger partial charge on any atom is -0.484 e. The van der Waals surface area contributed by atoms with Gasteiger partial charge in [-0.25, -0.2) is 0 Å². The fourth-order valence-corrected chi connectivity index (χ4v) is 4.45. The Hall–Kier alpha value is -3.25. The number of nitrogens with one attached hydrogen (secondary N) is 1. The van der Waals surface area contributed by atoms with Crippen LogP contribution in [0.5, 0.6) is 5.75 Å². The Morgan fingerprint density at radius 2 is 1.83 bits per heavy atom. The number of ether oxygens (including phenoxy) is 1. The lowest BCUT2D eigenvalue weighted by Crippen LogP contribution is -2.27. The van der Waals surface area contributed by atoms with Gasteiger partial charge in [0.1, 0.15) is 11.1 Å². The number of aryl methyl sites for hydroxylation is 1. The molecule has 1 saturated heterocycles. The fraction of sp³-hybridized carbons (Fsp3) is 0.167. The van der Waals surface area contributed by atoms with E-state index < -0.39 is 0 Å². The van der Waals surface area contributed by atoms with E-state index >= 15 is 0 Å². The molecule has 1 heterocycles. The zero-order valence-electron chi connectivity index (χ0n) is 16.6. The van der Waals surface area contributed by atoms with Gasteiger partial charge in [0.25, 0.3) is 5.91 Å². The van der Waals surface area contributed by atoms with Crippen molar-refractivity contribution in [2.24, 2.45) is 0 Å². The SMILES string of the molecule is Cc1ccc(N2C(=O)CS[C@@H]2c2cccc(NC(=O)COc3ccccc3)c2)cc1. The van der Waals surface area contributed by atoms with Crippen LogP contribution in [-0.4, -0.2) is 24.2 Å². The first-order valence-electron chi connectivity index (χ1n) is 9.68. The number of hydrogen-bond donors (Lipinski definition) is 1. The van der Waals surface area contributed by atoms with Crippen LogP contribution in [0, 0.1) is 6.92 Å². The van der Waals surface area contributed by atoms with E-state index in [9.17, 15) is 9.59 Å². The van der Waals surface area contributed by atoms with Gasteiger partial charge in [-0.05, 0) is 48.9 Å². The molecule has 5 nitrogen and oxygen atoms in total. The summed E-state index contributed by atoms with van der Waals surface area (Å²) in [6.45, 7) is 1.95. The highest BCUT2D eigenvalue weighted by Gasteiger charge is 2.34. The predicted octanol–water partition coefficient (Wildman–Crippen LogP) is 4.79. The van der Waals surface area contributed by atoms with E-state index in [1.165, 1.54) is 0 Å². The second kappa shape index (κ2) is 9.05. The van der Waals surface area contributed by atoms with Crippen molar-refractivity contribution in [1.82, 2.24) is 0 Å². The summed E-state index contributed by atoms with van der Waals surface area (Å²) >= 11 is 1.58. The maximum Gasteiger partial charge on any atom is 0.262 e. The minimum absolute atomic E-state index is 0.0691. The first-order chi connectivity index (χ1) is 14.6. The third-order valence-corrected chi connectivity index (χ3v) is 5.96. The van der Waals surface area contributed by atoms with Crippen molar-refractivity contribution in [2.45, 2.75) is 12.3 Å². The molecule has 152 valence electrons. The van der Waals surface area contributed by atoms with Crippen molar-refractivity contribution in [3.05, 3.63) is 90.0 Å². The second-order valence-electron chi connectivity index (χ2n) is 7.04. The normalized spacial score (nSPS) is 15.8. The van der Waals surface area contributed by atoms with Crippen LogP contribution in [0.25, 0.3) is 0 Å². The van der Waals surface area contributed by atoms with E-state index in [1.807, 2.05) is 90.7 Å². The Morgan fingerprint density at radius 3 is 2.60 bits per heavy atom. The molecule has 1 aliphatic heterocycles. The van der Waals surface area contributed by atoms with Crippen molar-refractivity contribution >= 4 is 35.0 Å². The molecule has 6 heteroatoms. The summed E-state index contributed by atoms with van der Waals surface area (Å²) < 4.78 is 5.50. The third-order valence-electron chi connectivity index (χ3n) is 4.75. The molecule has 0 spiro atoms. The number of rotatable bonds is 6. The topological polar surface area (TPSA) is 58.6 Å². The van der Waals surface area contributed by atoms with E-state index in [0.717, 1.165) is 16.8 Å². The van der Waals surface area contributed by atoms with Crippen LogP contribution in [0.15, 0.2) is 78.9 Å². The largest absolute Gasteiger partial charge is 0.484 e. The number of anilines is 2. The van der Waals surface area contributed by atoms with Gasteiger partial charge in [0, 0.05) is 11.4 Å². The highest BCUT2D eigenvalue weighted by atomic mass is 32.2. The van der Waals surface area contributed by atoms with Crippen molar-refractivity contribution in [3.8, 4) is 5.75 Å². The smallest absolute Gasteiger partial charge is 0.262 e. The molecule has 3 aromatic rings. The Bertz CT molecular complexity index is 1040. The highest BCUT2D eigenvalue weighted by Crippen LogP contribution is 2.42. The van der Waals surface area contributed by atoms with E-state index in [2.05, 4.69) is 5.32 Å². The van der Waals surface area contributed by atoms with Gasteiger partial charge >= 0.3 is 0 Å². The molecular formula is C24H22N2O3S. The monoisotopic (exact) mass is 418 g/mol. The molecular weight excluding hydrogens is 396 g/mol. The number of nitrogens with zero attached hydrogens (tertiary/aromatic N) is 1. The molecule has 3 aromatic carbocycles. The van der Waals surface area contributed by atoms with Crippen molar-refractivity contribution in [3.63, 3.8) is 0 Å². The van der Waals surface area contributed by atoms with Gasteiger partial charge in [0.05, 0.1) is 5.75 Å². The van der Waals surface area contributed by atoms with Crippen LogP contribution in [0.3, 0.4) is 0 Å². The molecule has 0 unspecified atom stereocenters. The first kappa shape index (κ1) is 20.0. The quantitative estimate of drug-likeness (QED) is 0.625. The number of benzene rings is 3. The zero-order valence-corrected chi connectivity index (χ0v) is 17.4. The number of amides is 2. The van der Waals surface area contributed by atoms with Crippen LogP contribution >= 0.6 is 11.8 Å². The zero-order chi connectivity index (χ0) is 20.9. The Balaban J connectivity index is 1.46. The predicted molar refractivity (Wildman–Crippen MR) is 121 cm³/mol. The summed E-state index contributed by atoms with van der Waals surface area (Å²) in [4.78, 5) is 26.7. The molecule has 1 aliphatic rings. The van der Waals surface area contributed by atoms with Crippen molar-refractivity contribution < 1.29 is 14.3 Å². The third kappa shape index (κ3) is 4.66. The molecule has 0 saturated carbocycles. The summed E-state index contributed by atoms with van der Waals surface area (Å²) in [5.41, 5.74) is 3.68. The van der Waals surface area contributed by atoms with E-state index in [0.29, 0.717) is 17.2 Å². The summed E-state index contributed by atoms with van der Waals surface area (Å²) in [6.07, 6.45) is 0. The van der Waals surface area contributed by atoms with E-state index in [4.69, 9.17) is 4.74 Å². The average Bonchev–Trinajstić information content (AvgIpc) is 3.15. The van der Waals surface area contributed by atoms with E-state index in [-0.39, 0.29) is 23.8 Å². The lowest BCUT2D eigenvalue weighted by molar-refractivity contribution is -0.118. The molecule has 2 amide bonds. The maximum absolute atomic E-state index is 12.5. The molecule has 4 rings (SSSR count). The summed E-state index contributed by atoms with van der Waals surface area (Å²) in [5, 5.41) is 2.75. The molecule has 1 N–H and O–H groups in total. The molecule has 0 bridgehead atoms. The van der Waals surface area contributed by atoms with Crippen LogP contribution in [0.2, 0.25) is 0 Å². The van der Waals surface area contributed by atoms with Crippen LogP contribution < -0.4 is 15.0 Å². The lowest BCUT2D eigenvalue weighted by Gasteiger charge is -2.25. The molecule has 1 atom stereocenters. The van der Waals surface area contributed by atoms with Crippen molar-refractivity contribution in [1.29, 1.82) is 0 Å². The first-order valence-corrected chi connectivity index (χ1v) is 10.7. The van der Waals surface area contributed by atoms with Crippen molar-refractivity contribution in [2.75, 3.05) is 22.6 Å². The lowest BCUT2D eigenvalue weighted by atomic mass is 10.1. The fourth-order valence-electron chi connectivity index (χ4n) is 3.29. The van der Waals surface area contributed by atoms with Gasteiger partial charge in [-0.3, -0.25) is 14.5 Å². The minimum atomic E-state index is -0.235. The standard InChI is InChI=1S/C24H22N2O3S/c1-17-10-12-20(13-11-17)26-23(28)16-30-24(26)18-6-5-7-19(14-18)25-22(27)15-29-21-8-3-2-4-9-21/h2-14,24H,15-16H2,1H3,(H,25,27)/t24-/m1/s1. The summed E-state index contributed by atoms with van der Waals surface area (Å²) in [6, 6.07) is 24.8. The number of hydrogen-bond acceptors (Lipinski definition) is 4. The van der Waals surface area contributed by atoms with Crippen LogP contribution in [0.1, 0.15) is 16.5 Å².